The van der Waals surface area contributed by atoms with Gasteiger partial charge in [0.1, 0.15) is 23.6 Å². The zero-order valence-corrected chi connectivity index (χ0v) is 18.9. The van der Waals surface area contributed by atoms with Crippen molar-refractivity contribution in [3.05, 3.63) is 72.7 Å². The molecule has 34 heavy (non-hydrogen) atoms. The smallest absolute Gasteiger partial charge is 0.251 e. The first-order valence-corrected chi connectivity index (χ1v) is 10.7. The zero-order valence-electron chi connectivity index (χ0n) is 18.9. The van der Waals surface area contributed by atoms with Crippen molar-refractivity contribution < 1.29 is 23.5 Å². The summed E-state index contributed by atoms with van der Waals surface area (Å²) in [6.07, 6.45) is 1.46. The van der Waals surface area contributed by atoms with E-state index in [-0.39, 0.29) is 13.1 Å². The van der Waals surface area contributed by atoms with Crippen molar-refractivity contribution in [2.75, 3.05) is 32.3 Å². The number of benzene rings is 2. The molecule has 0 aliphatic carbocycles. The largest absolute Gasteiger partial charge is 0.495 e. The van der Waals surface area contributed by atoms with Crippen molar-refractivity contribution in [2.24, 2.45) is 0 Å². The van der Waals surface area contributed by atoms with Crippen LogP contribution >= 0.6 is 0 Å². The SMILES string of the molecule is COCCNC(=O)C(c1ccco1)N(C(=O)Cn1nnc2ccccc21)c1ccccc1OC. The zero-order chi connectivity index (χ0) is 23.9. The number of carbonyl (C=O) groups is 2. The summed E-state index contributed by atoms with van der Waals surface area (Å²) in [5.74, 6) is -0.0867. The van der Waals surface area contributed by atoms with E-state index in [0.29, 0.717) is 34.8 Å². The van der Waals surface area contributed by atoms with Crippen LogP contribution in [-0.2, 0) is 20.9 Å². The molecule has 0 aliphatic rings. The Morgan fingerprint density at radius 1 is 1.09 bits per heavy atom. The van der Waals surface area contributed by atoms with Gasteiger partial charge in [0.05, 0.1) is 31.2 Å². The number of aromatic nitrogens is 3. The van der Waals surface area contributed by atoms with Crippen LogP contribution in [0.15, 0.2) is 71.3 Å². The number of ether oxygens (including phenoxy) is 2. The van der Waals surface area contributed by atoms with E-state index >= 15 is 0 Å². The number of fused-ring (bicyclic) bond motifs is 1. The van der Waals surface area contributed by atoms with Crippen LogP contribution in [0.2, 0.25) is 0 Å². The Morgan fingerprint density at radius 3 is 2.65 bits per heavy atom. The van der Waals surface area contributed by atoms with Crippen LogP contribution < -0.4 is 15.0 Å². The Kier molecular flexibility index (Phi) is 7.19. The van der Waals surface area contributed by atoms with E-state index in [1.807, 2.05) is 24.3 Å². The number of carbonyl (C=O) groups excluding carboxylic acids is 2. The highest BCUT2D eigenvalue weighted by molar-refractivity contribution is 6.02. The lowest BCUT2D eigenvalue weighted by molar-refractivity contribution is -0.127. The molecule has 2 heterocycles. The van der Waals surface area contributed by atoms with Crippen LogP contribution in [0.4, 0.5) is 5.69 Å². The van der Waals surface area contributed by atoms with Crippen molar-refractivity contribution >= 4 is 28.5 Å². The molecule has 0 bridgehead atoms. The van der Waals surface area contributed by atoms with E-state index in [9.17, 15) is 9.59 Å². The monoisotopic (exact) mass is 463 g/mol. The fraction of sp³-hybridized carbons (Fsp3) is 0.250. The summed E-state index contributed by atoms with van der Waals surface area (Å²) in [4.78, 5) is 28.6. The molecule has 0 spiro atoms. The van der Waals surface area contributed by atoms with Crippen molar-refractivity contribution in [3.8, 4) is 5.75 Å². The summed E-state index contributed by atoms with van der Waals surface area (Å²) in [7, 11) is 3.05. The number of furan rings is 1. The lowest BCUT2D eigenvalue weighted by Gasteiger charge is -2.31. The summed E-state index contributed by atoms with van der Waals surface area (Å²) in [5, 5.41) is 11.1. The van der Waals surface area contributed by atoms with Crippen LogP contribution in [0.25, 0.3) is 11.0 Å². The fourth-order valence-corrected chi connectivity index (χ4v) is 3.68. The molecular weight excluding hydrogens is 438 g/mol. The van der Waals surface area contributed by atoms with E-state index < -0.39 is 17.9 Å². The molecule has 2 amide bonds. The summed E-state index contributed by atoms with van der Waals surface area (Å²) >= 11 is 0. The standard InChI is InChI=1S/C24H25N5O5/c1-32-15-13-25-24(31)23(21-12-7-14-34-21)29(19-10-5-6-11-20(19)33-2)22(30)16-28-18-9-4-3-8-17(18)26-27-28/h3-12,14,23H,13,15-16H2,1-2H3,(H,25,31). The topological polar surface area (TPSA) is 112 Å². The number of anilines is 1. The van der Waals surface area contributed by atoms with E-state index in [2.05, 4.69) is 15.6 Å². The van der Waals surface area contributed by atoms with E-state index in [0.717, 1.165) is 0 Å². The molecule has 0 radical (unpaired) electrons. The second-order valence-electron chi connectivity index (χ2n) is 7.37. The molecule has 1 atom stereocenters. The third-order valence-corrected chi connectivity index (χ3v) is 5.24. The maximum atomic E-state index is 13.8. The van der Waals surface area contributed by atoms with Gasteiger partial charge >= 0.3 is 0 Å². The van der Waals surface area contributed by atoms with Gasteiger partial charge in [0.2, 0.25) is 5.91 Å². The molecular formula is C24H25N5O5. The molecule has 0 aliphatic heterocycles. The summed E-state index contributed by atoms with van der Waals surface area (Å²) in [6, 6.07) is 16.6. The number of hydrogen-bond donors (Lipinski definition) is 1. The number of methoxy groups -OCH3 is 2. The number of para-hydroxylation sites is 3. The average Bonchev–Trinajstić information content (AvgIpc) is 3.53. The molecule has 10 nitrogen and oxygen atoms in total. The van der Waals surface area contributed by atoms with Gasteiger partial charge in [0.15, 0.2) is 6.04 Å². The second-order valence-corrected chi connectivity index (χ2v) is 7.37. The second kappa shape index (κ2) is 10.6. The quantitative estimate of drug-likeness (QED) is 0.360. The Hall–Kier alpha value is -4.18. The maximum absolute atomic E-state index is 13.8. The molecule has 0 saturated heterocycles. The van der Waals surface area contributed by atoms with Crippen molar-refractivity contribution in [1.29, 1.82) is 0 Å². The number of nitrogens with zero attached hydrogens (tertiary/aromatic N) is 4. The number of rotatable bonds is 10. The van der Waals surface area contributed by atoms with Gasteiger partial charge in [-0.15, -0.1) is 5.10 Å². The summed E-state index contributed by atoms with van der Waals surface area (Å²) in [6.45, 7) is 0.444. The number of hydrogen-bond acceptors (Lipinski definition) is 7. The first-order chi connectivity index (χ1) is 16.6. The highest BCUT2D eigenvalue weighted by Crippen LogP contribution is 2.35. The predicted octanol–water partition coefficient (Wildman–Crippen LogP) is 2.57. The molecule has 176 valence electrons. The van der Waals surface area contributed by atoms with Crippen LogP contribution in [0.1, 0.15) is 11.8 Å². The number of amides is 2. The maximum Gasteiger partial charge on any atom is 0.251 e. The van der Waals surface area contributed by atoms with Gasteiger partial charge in [-0.2, -0.15) is 0 Å². The predicted molar refractivity (Wildman–Crippen MR) is 124 cm³/mol. The Balaban J connectivity index is 1.77. The number of nitrogens with one attached hydrogen (secondary N) is 1. The van der Waals surface area contributed by atoms with Crippen molar-refractivity contribution in [1.82, 2.24) is 20.3 Å². The Morgan fingerprint density at radius 2 is 1.88 bits per heavy atom. The van der Waals surface area contributed by atoms with Gasteiger partial charge in [0.25, 0.3) is 5.91 Å². The third kappa shape index (κ3) is 4.76. The first kappa shape index (κ1) is 23.0. The molecule has 2 aromatic carbocycles. The van der Waals surface area contributed by atoms with Gasteiger partial charge in [-0.25, -0.2) is 4.68 Å². The minimum absolute atomic E-state index is 0.152. The molecule has 2 aromatic heterocycles. The van der Waals surface area contributed by atoms with Crippen LogP contribution in [0.3, 0.4) is 0 Å². The minimum atomic E-state index is -1.09. The average molecular weight is 463 g/mol. The summed E-state index contributed by atoms with van der Waals surface area (Å²) < 4.78 is 17.7. The van der Waals surface area contributed by atoms with Gasteiger partial charge in [-0.3, -0.25) is 14.5 Å². The van der Waals surface area contributed by atoms with Crippen molar-refractivity contribution in [2.45, 2.75) is 12.6 Å². The Labute approximate surface area is 196 Å². The molecule has 10 heteroatoms. The van der Waals surface area contributed by atoms with Gasteiger partial charge < -0.3 is 19.2 Å². The lowest BCUT2D eigenvalue weighted by atomic mass is 10.1. The van der Waals surface area contributed by atoms with Gasteiger partial charge in [-0.1, -0.05) is 29.5 Å². The van der Waals surface area contributed by atoms with Crippen LogP contribution in [0.5, 0.6) is 5.75 Å². The van der Waals surface area contributed by atoms with Gasteiger partial charge in [-0.05, 0) is 36.4 Å². The minimum Gasteiger partial charge on any atom is -0.495 e. The molecule has 1 N–H and O–H groups in total. The van der Waals surface area contributed by atoms with E-state index in [1.165, 1.54) is 23.0 Å². The van der Waals surface area contributed by atoms with Crippen LogP contribution in [0, 0.1) is 0 Å². The van der Waals surface area contributed by atoms with Crippen LogP contribution in [-0.4, -0.2) is 54.2 Å². The van der Waals surface area contributed by atoms with E-state index in [4.69, 9.17) is 13.9 Å². The highest BCUT2D eigenvalue weighted by Gasteiger charge is 2.36. The molecule has 1 unspecified atom stereocenters. The third-order valence-electron chi connectivity index (χ3n) is 5.24. The highest BCUT2D eigenvalue weighted by atomic mass is 16.5. The van der Waals surface area contributed by atoms with E-state index in [1.54, 1.807) is 43.5 Å². The van der Waals surface area contributed by atoms with Gasteiger partial charge in [0, 0.05) is 13.7 Å². The normalized spacial score (nSPS) is 11.8. The first-order valence-electron chi connectivity index (χ1n) is 10.7. The molecule has 0 fully saturated rings. The molecule has 4 rings (SSSR count). The lowest BCUT2D eigenvalue weighted by Crippen LogP contribution is -2.46. The molecule has 4 aromatic rings. The molecule has 0 saturated carbocycles. The Bertz CT molecular complexity index is 1250. The summed E-state index contributed by atoms with van der Waals surface area (Å²) in [5.41, 5.74) is 1.79. The fourth-order valence-electron chi connectivity index (χ4n) is 3.68. The van der Waals surface area contributed by atoms with Crippen molar-refractivity contribution in [3.63, 3.8) is 0 Å².